The monoisotopic (exact) mass is 528 g/mol. The lowest BCUT2D eigenvalue weighted by atomic mass is 9.81. The van der Waals surface area contributed by atoms with E-state index in [0.717, 1.165) is 75.8 Å². The molecule has 2 aliphatic carbocycles. The molecule has 2 aromatic carbocycles. The number of hydrogen-bond acceptors (Lipinski definition) is 4. The van der Waals surface area contributed by atoms with Gasteiger partial charge in [-0.05, 0) is 126 Å². The van der Waals surface area contributed by atoms with Crippen molar-refractivity contribution < 1.29 is 9.59 Å². The van der Waals surface area contributed by atoms with Crippen LogP contribution >= 0.6 is 12.4 Å². The molecule has 2 amide bonds. The van der Waals surface area contributed by atoms with Crippen molar-refractivity contribution in [3.05, 3.63) is 59.7 Å². The first-order valence-electron chi connectivity index (χ1n) is 13.5. The zero-order valence-electron chi connectivity index (χ0n) is 22.4. The van der Waals surface area contributed by atoms with E-state index in [1.807, 2.05) is 62.4 Å². The largest absolute Gasteiger partial charge is 0.330 e. The van der Waals surface area contributed by atoms with Crippen molar-refractivity contribution in [2.24, 2.45) is 35.1 Å². The Balaban J connectivity index is 0.000000253. The molecule has 2 fully saturated rings. The summed E-state index contributed by atoms with van der Waals surface area (Å²) in [7, 11) is 0. The van der Waals surface area contributed by atoms with Crippen LogP contribution in [-0.2, 0) is 9.59 Å². The molecule has 0 bridgehead atoms. The molecule has 0 aromatic heterocycles. The predicted molar refractivity (Wildman–Crippen MR) is 156 cm³/mol. The van der Waals surface area contributed by atoms with Gasteiger partial charge in [-0.2, -0.15) is 0 Å². The Morgan fingerprint density at radius 3 is 1.32 bits per heavy atom. The highest BCUT2D eigenvalue weighted by Crippen LogP contribution is 2.30. The van der Waals surface area contributed by atoms with Gasteiger partial charge in [0.2, 0.25) is 11.8 Å². The van der Waals surface area contributed by atoms with Crippen molar-refractivity contribution in [3.63, 3.8) is 0 Å². The number of anilines is 2. The fraction of sp³-hybridized carbons (Fsp3) is 0.533. The third-order valence-electron chi connectivity index (χ3n) is 7.67. The summed E-state index contributed by atoms with van der Waals surface area (Å²) in [5.74, 6) is 1.88. The van der Waals surface area contributed by atoms with Crippen LogP contribution in [0.3, 0.4) is 0 Å². The van der Waals surface area contributed by atoms with Crippen molar-refractivity contribution in [1.82, 2.24) is 0 Å². The summed E-state index contributed by atoms with van der Waals surface area (Å²) in [6.07, 6.45) is 8.23. The lowest BCUT2D eigenvalue weighted by Crippen LogP contribution is -2.29. The van der Waals surface area contributed by atoms with Crippen LogP contribution in [0.15, 0.2) is 48.5 Å². The molecule has 0 spiro atoms. The van der Waals surface area contributed by atoms with Crippen molar-refractivity contribution in [2.45, 2.75) is 65.2 Å². The number of nitrogens with two attached hydrogens (primary N) is 2. The number of halogens is 1. The Bertz CT molecular complexity index is 904. The topological polar surface area (TPSA) is 110 Å². The molecule has 6 nitrogen and oxygen atoms in total. The van der Waals surface area contributed by atoms with Crippen LogP contribution in [0.25, 0.3) is 0 Å². The molecule has 204 valence electrons. The standard InChI is InChI=1S/2C15H22N2O.ClH/c2*1-11-3-2-4-14(9-11)17-15(18)13-7-5-12(10-16)6-8-13;/h2*2-4,9,12-13H,5-8,10,16H2,1H3,(H,17,18);1H/t2*12-,13-;. The second-order valence-corrected chi connectivity index (χ2v) is 10.6. The Kier molecular flexibility index (Phi) is 13.1. The third-order valence-corrected chi connectivity index (χ3v) is 7.67. The van der Waals surface area contributed by atoms with Crippen LogP contribution in [0.2, 0.25) is 0 Å². The normalized spacial score (nSPS) is 23.0. The number of hydrogen-bond donors (Lipinski definition) is 4. The highest BCUT2D eigenvalue weighted by Gasteiger charge is 2.26. The van der Waals surface area contributed by atoms with Crippen molar-refractivity contribution >= 4 is 35.6 Å². The molecule has 7 heteroatoms. The van der Waals surface area contributed by atoms with Gasteiger partial charge in [-0.1, -0.05) is 24.3 Å². The van der Waals surface area contributed by atoms with Crippen LogP contribution in [0, 0.1) is 37.5 Å². The van der Waals surface area contributed by atoms with E-state index in [-0.39, 0.29) is 36.1 Å². The molecule has 0 saturated heterocycles. The number of carbonyl (C=O) groups excluding carboxylic acids is 2. The van der Waals surface area contributed by atoms with Gasteiger partial charge in [-0.25, -0.2) is 0 Å². The highest BCUT2D eigenvalue weighted by atomic mass is 35.5. The Morgan fingerprint density at radius 1 is 0.676 bits per heavy atom. The van der Waals surface area contributed by atoms with Gasteiger partial charge in [-0.15, -0.1) is 12.4 Å². The van der Waals surface area contributed by atoms with Gasteiger partial charge in [0.15, 0.2) is 0 Å². The summed E-state index contributed by atoms with van der Waals surface area (Å²) in [5, 5.41) is 6.03. The second-order valence-electron chi connectivity index (χ2n) is 10.6. The molecule has 37 heavy (non-hydrogen) atoms. The predicted octanol–water partition coefficient (Wildman–Crippen LogP) is 5.82. The number of rotatable bonds is 6. The van der Waals surface area contributed by atoms with E-state index in [0.29, 0.717) is 11.8 Å². The molecule has 0 atom stereocenters. The second kappa shape index (κ2) is 15.8. The maximum absolute atomic E-state index is 12.1. The average Bonchev–Trinajstić information content (AvgIpc) is 2.89. The summed E-state index contributed by atoms with van der Waals surface area (Å²) >= 11 is 0. The lowest BCUT2D eigenvalue weighted by Gasteiger charge is -2.26. The third kappa shape index (κ3) is 10.1. The first-order chi connectivity index (χ1) is 17.4. The molecule has 0 unspecified atom stereocenters. The fourth-order valence-electron chi connectivity index (χ4n) is 5.25. The quantitative estimate of drug-likeness (QED) is 0.378. The maximum Gasteiger partial charge on any atom is 0.227 e. The van der Waals surface area contributed by atoms with E-state index in [1.165, 1.54) is 11.1 Å². The fourth-order valence-corrected chi connectivity index (χ4v) is 5.25. The molecular weight excluding hydrogens is 484 g/mol. The Labute approximate surface area is 228 Å². The highest BCUT2D eigenvalue weighted by molar-refractivity contribution is 5.93. The molecule has 2 saturated carbocycles. The number of nitrogens with one attached hydrogen (secondary N) is 2. The minimum atomic E-state index is 0. The molecule has 0 heterocycles. The molecule has 0 aliphatic heterocycles. The molecule has 2 aromatic rings. The van der Waals surface area contributed by atoms with Crippen LogP contribution in [0.5, 0.6) is 0 Å². The average molecular weight is 529 g/mol. The minimum Gasteiger partial charge on any atom is -0.330 e. The summed E-state index contributed by atoms with van der Waals surface area (Å²) < 4.78 is 0. The van der Waals surface area contributed by atoms with Crippen LogP contribution in [-0.4, -0.2) is 24.9 Å². The van der Waals surface area contributed by atoms with Crippen LogP contribution in [0.1, 0.15) is 62.5 Å². The number of amides is 2. The first kappa shape index (κ1) is 30.8. The Morgan fingerprint density at radius 2 is 1.03 bits per heavy atom. The first-order valence-corrected chi connectivity index (χ1v) is 13.5. The van der Waals surface area contributed by atoms with E-state index < -0.39 is 0 Å². The van der Waals surface area contributed by atoms with E-state index >= 15 is 0 Å². The van der Waals surface area contributed by atoms with Crippen LogP contribution in [0.4, 0.5) is 11.4 Å². The van der Waals surface area contributed by atoms with E-state index in [1.54, 1.807) is 0 Å². The Hall–Kier alpha value is -2.41. The number of benzene rings is 2. The number of aryl methyl sites for hydroxylation is 2. The van der Waals surface area contributed by atoms with Crippen molar-refractivity contribution in [3.8, 4) is 0 Å². The van der Waals surface area contributed by atoms with Gasteiger partial charge >= 0.3 is 0 Å². The van der Waals surface area contributed by atoms with Crippen molar-refractivity contribution in [1.29, 1.82) is 0 Å². The molecule has 2 aliphatic rings. The lowest BCUT2D eigenvalue weighted by molar-refractivity contribution is -0.121. The molecule has 0 radical (unpaired) electrons. The zero-order chi connectivity index (χ0) is 25.9. The van der Waals surface area contributed by atoms with E-state index in [4.69, 9.17) is 11.5 Å². The smallest absolute Gasteiger partial charge is 0.227 e. The summed E-state index contributed by atoms with van der Waals surface area (Å²) in [6, 6.07) is 15.9. The van der Waals surface area contributed by atoms with Gasteiger partial charge in [0.1, 0.15) is 0 Å². The summed E-state index contributed by atoms with van der Waals surface area (Å²) in [5.41, 5.74) is 15.5. The summed E-state index contributed by atoms with van der Waals surface area (Å²) in [4.78, 5) is 24.3. The van der Waals surface area contributed by atoms with Gasteiger partial charge in [-0.3, -0.25) is 9.59 Å². The van der Waals surface area contributed by atoms with E-state index in [2.05, 4.69) is 10.6 Å². The maximum atomic E-state index is 12.1. The summed E-state index contributed by atoms with van der Waals surface area (Å²) in [6.45, 7) is 5.57. The molecule has 4 rings (SSSR count). The number of carbonyl (C=O) groups is 2. The molecular formula is C30H45ClN4O2. The van der Waals surface area contributed by atoms with Gasteiger partial charge < -0.3 is 22.1 Å². The van der Waals surface area contributed by atoms with Crippen molar-refractivity contribution in [2.75, 3.05) is 23.7 Å². The zero-order valence-corrected chi connectivity index (χ0v) is 23.2. The van der Waals surface area contributed by atoms with E-state index in [9.17, 15) is 9.59 Å². The van der Waals surface area contributed by atoms with Crippen LogP contribution < -0.4 is 22.1 Å². The molecule has 6 N–H and O–H groups in total. The minimum absolute atomic E-state index is 0. The SMILES string of the molecule is Cc1cccc(NC(=O)[C@H]2CC[C@H](CN)CC2)c1.Cc1cccc(NC(=O)[C@H]2CC[C@H](CN)CC2)c1.Cl. The van der Waals surface area contributed by atoms with Gasteiger partial charge in [0, 0.05) is 23.2 Å². The van der Waals surface area contributed by atoms with Gasteiger partial charge in [0.25, 0.3) is 0 Å². The van der Waals surface area contributed by atoms with Gasteiger partial charge in [0.05, 0.1) is 0 Å².